The highest BCUT2D eigenvalue weighted by atomic mass is 16.6. The van der Waals surface area contributed by atoms with Crippen molar-refractivity contribution in [2.75, 3.05) is 5.32 Å². The predicted molar refractivity (Wildman–Crippen MR) is 81.3 cm³/mol. The van der Waals surface area contributed by atoms with E-state index in [-0.39, 0.29) is 10.6 Å². The molecule has 1 aromatic carbocycles. The van der Waals surface area contributed by atoms with Gasteiger partial charge in [-0.3, -0.25) is 10.1 Å². The summed E-state index contributed by atoms with van der Waals surface area (Å²) in [7, 11) is 0. The molecule has 3 atom stereocenters. The van der Waals surface area contributed by atoms with E-state index in [1.807, 2.05) is 18.2 Å². The number of anilines is 1. The number of nitrogens with zero attached hydrogens (tertiary/aromatic N) is 2. The summed E-state index contributed by atoms with van der Waals surface area (Å²) < 4.78 is 0. The van der Waals surface area contributed by atoms with Crippen LogP contribution in [0, 0.1) is 22.0 Å². The summed E-state index contributed by atoms with van der Waals surface area (Å²) in [4.78, 5) is 15.0. The van der Waals surface area contributed by atoms with Crippen molar-refractivity contribution in [3.05, 3.63) is 40.6 Å². The van der Waals surface area contributed by atoms with Crippen molar-refractivity contribution in [2.45, 2.75) is 31.7 Å². The maximum atomic E-state index is 11.1. The van der Waals surface area contributed by atoms with E-state index in [2.05, 4.69) is 10.3 Å². The number of pyridine rings is 1. The van der Waals surface area contributed by atoms with Gasteiger partial charge in [-0.2, -0.15) is 0 Å². The van der Waals surface area contributed by atoms with Crippen LogP contribution in [0.1, 0.15) is 25.7 Å². The summed E-state index contributed by atoms with van der Waals surface area (Å²) in [6, 6.07) is 7.63. The second kappa shape index (κ2) is 4.69. The van der Waals surface area contributed by atoms with Gasteiger partial charge in [0, 0.05) is 29.4 Å². The van der Waals surface area contributed by atoms with E-state index < -0.39 is 0 Å². The van der Waals surface area contributed by atoms with Crippen LogP contribution in [0.2, 0.25) is 0 Å². The number of fused-ring (bicyclic) bond motifs is 3. The van der Waals surface area contributed by atoms with Gasteiger partial charge in [-0.15, -0.1) is 0 Å². The van der Waals surface area contributed by atoms with Gasteiger partial charge in [-0.25, -0.2) is 4.98 Å². The van der Waals surface area contributed by atoms with Crippen LogP contribution in [-0.4, -0.2) is 15.9 Å². The van der Waals surface area contributed by atoms with Crippen molar-refractivity contribution in [1.82, 2.24) is 4.98 Å². The van der Waals surface area contributed by atoms with Crippen LogP contribution < -0.4 is 5.32 Å². The van der Waals surface area contributed by atoms with E-state index in [9.17, 15) is 10.1 Å². The molecule has 1 N–H and O–H groups in total. The molecule has 2 saturated carbocycles. The summed E-state index contributed by atoms with van der Waals surface area (Å²) in [5.74, 6) is 1.63. The Bertz CT molecular complexity index is 716. The Labute approximate surface area is 122 Å². The molecule has 2 fully saturated rings. The molecule has 2 aromatic rings. The zero-order valence-corrected chi connectivity index (χ0v) is 11.7. The van der Waals surface area contributed by atoms with E-state index in [0.29, 0.717) is 11.6 Å². The number of nitro benzene ring substituents is 1. The van der Waals surface area contributed by atoms with Gasteiger partial charge in [-0.1, -0.05) is 6.42 Å². The molecule has 0 amide bonds. The monoisotopic (exact) mass is 283 g/mol. The summed E-state index contributed by atoms with van der Waals surface area (Å²) in [6.45, 7) is 0. The number of hydrogen-bond acceptors (Lipinski definition) is 4. The molecule has 0 aliphatic heterocycles. The fourth-order valence-corrected chi connectivity index (χ4v) is 4.05. The number of hydrogen-bond donors (Lipinski definition) is 1. The minimum absolute atomic E-state index is 0.0732. The van der Waals surface area contributed by atoms with Gasteiger partial charge in [-0.05, 0) is 49.3 Å². The fraction of sp³-hybridized carbons (Fsp3) is 0.438. The third kappa shape index (κ3) is 2.04. The zero-order valence-electron chi connectivity index (χ0n) is 11.7. The number of rotatable bonds is 3. The Morgan fingerprint density at radius 3 is 2.86 bits per heavy atom. The lowest BCUT2D eigenvalue weighted by molar-refractivity contribution is -0.383. The molecular formula is C16H17N3O2. The van der Waals surface area contributed by atoms with E-state index in [0.717, 1.165) is 22.9 Å². The molecule has 3 unspecified atom stereocenters. The molecule has 1 aromatic heterocycles. The molecule has 2 bridgehead atoms. The molecule has 0 spiro atoms. The number of nitrogens with one attached hydrogen (secondary N) is 1. The first-order valence-corrected chi connectivity index (χ1v) is 7.51. The average molecular weight is 283 g/mol. The predicted octanol–water partition coefficient (Wildman–Crippen LogP) is 3.74. The largest absolute Gasteiger partial charge is 0.381 e. The Morgan fingerprint density at radius 1 is 1.24 bits per heavy atom. The van der Waals surface area contributed by atoms with Crippen molar-refractivity contribution in [1.29, 1.82) is 0 Å². The Morgan fingerprint density at radius 2 is 2.14 bits per heavy atom. The summed E-state index contributed by atoms with van der Waals surface area (Å²) in [5.41, 5.74) is 1.51. The lowest BCUT2D eigenvalue weighted by atomic mass is 9.95. The third-order valence-corrected chi connectivity index (χ3v) is 5.02. The van der Waals surface area contributed by atoms with Crippen LogP contribution in [-0.2, 0) is 0 Å². The van der Waals surface area contributed by atoms with E-state index in [4.69, 9.17) is 0 Å². The average Bonchev–Trinajstić information content (AvgIpc) is 3.10. The molecule has 108 valence electrons. The molecule has 2 aliphatic rings. The lowest BCUT2D eigenvalue weighted by Crippen LogP contribution is -2.25. The van der Waals surface area contributed by atoms with Crippen molar-refractivity contribution in [2.24, 2.45) is 11.8 Å². The highest BCUT2D eigenvalue weighted by Gasteiger charge is 2.39. The molecule has 5 nitrogen and oxygen atoms in total. The second-order valence-electron chi connectivity index (χ2n) is 6.21. The highest BCUT2D eigenvalue weighted by Crippen LogP contribution is 2.46. The van der Waals surface area contributed by atoms with Gasteiger partial charge in [0.1, 0.15) is 5.52 Å². The number of non-ortho nitro benzene ring substituents is 1. The van der Waals surface area contributed by atoms with Crippen LogP contribution in [0.5, 0.6) is 0 Å². The van der Waals surface area contributed by atoms with Crippen molar-refractivity contribution in [3.8, 4) is 0 Å². The summed E-state index contributed by atoms with van der Waals surface area (Å²) in [6.07, 6.45) is 6.85. The quantitative estimate of drug-likeness (QED) is 0.688. The zero-order chi connectivity index (χ0) is 14.4. The highest BCUT2D eigenvalue weighted by molar-refractivity contribution is 5.97. The Kier molecular flexibility index (Phi) is 2.80. The van der Waals surface area contributed by atoms with Gasteiger partial charge in [0.2, 0.25) is 0 Å². The third-order valence-electron chi connectivity index (χ3n) is 5.02. The second-order valence-corrected chi connectivity index (χ2v) is 6.21. The molecule has 4 rings (SSSR count). The van der Waals surface area contributed by atoms with Gasteiger partial charge in [0.15, 0.2) is 0 Å². The first-order chi connectivity index (χ1) is 10.2. The summed E-state index contributed by atoms with van der Waals surface area (Å²) >= 11 is 0. The van der Waals surface area contributed by atoms with Gasteiger partial charge >= 0.3 is 0 Å². The van der Waals surface area contributed by atoms with Crippen LogP contribution in [0.3, 0.4) is 0 Å². The lowest BCUT2D eigenvalue weighted by Gasteiger charge is -2.24. The molecule has 1 heterocycles. The summed E-state index contributed by atoms with van der Waals surface area (Å²) in [5, 5.41) is 15.6. The SMILES string of the molecule is O=[N+]([O-])c1ccc(NC2CC3CCC2C3)c2cccnc12. The number of aromatic nitrogens is 1. The maximum absolute atomic E-state index is 11.1. The van der Waals surface area contributed by atoms with Gasteiger partial charge in [0.25, 0.3) is 5.69 Å². The first kappa shape index (κ1) is 12.6. The fourth-order valence-electron chi connectivity index (χ4n) is 4.05. The standard InChI is InChI=1S/C16H17N3O2/c20-19(21)15-6-5-13(12-2-1-7-17-16(12)15)18-14-9-10-3-4-11(14)8-10/h1-2,5-7,10-11,14,18H,3-4,8-9H2. The first-order valence-electron chi connectivity index (χ1n) is 7.51. The molecular weight excluding hydrogens is 266 g/mol. The van der Waals surface area contributed by atoms with Crippen LogP contribution >= 0.6 is 0 Å². The number of nitro groups is 1. The van der Waals surface area contributed by atoms with Gasteiger partial charge in [0.05, 0.1) is 4.92 Å². The minimum atomic E-state index is -0.364. The molecule has 21 heavy (non-hydrogen) atoms. The smallest absolute Gasteiger partial charge is 0.295 e. The Balaban J connectivity index is 1.72. The molecule has 5 heteroatoms. The molecule has 0 saturated heterocycles. The molecule has 2 aliphatic carbocycles. The Hall–Kier alpha value is -2.17. The molecule has 0 radical (unpaired) electrons. The van der Waals surface area contributed by atoms with Crippen LogP contribution in [0.4, 0.5) is 11.4 Å². The van der Waals surface area contributed by atoms with Crippen molar-refractivity contribution in [3.63, 3.8) is 0 Å². The van der Waals surface area contributed by atoms with Crippen molar-refractivity contribution >= 4 is 22.3 Å². The topological polar surface area (TPSA) is 68.1 Å². The minimum Gasteiger partial charge on any atom is -0.381 e. The van der Waals surface area contributed by atoms with Crippen LogP contribution in [0.15, 0.2) is 30.5 Å². The van der Waals surface area contributed by atoms with Gasteiger partial charge < -0.3 is 5.32 Å². The number of benzene rings is 1. The van der Waals surface area contributed by atoms with Crippen molar-refractivity contribution < 1.29 is 4.92 Å². The van der Waals surface area contributed by atoms with Crippen LogP contribution in [0.25, 0.3) is 10.9 Å². The normalized spacial score (nSPS) is 27.1. The maximum Gasteiger partial charge on any atom is 0.295 e. The van der Waals surface area contributed by atoms with E-state index >= 15 is 0 Å². The van der Waals surface area contributed by atoms with E-state index in [1.54, 1.807) is 12.3 Å². The van der Waals surface area contributed by atoms with E-state index in [1.165, 1.54) is 25.7 Å².